The fraction of sp³-hybridized carbons (Fsp3) is 0.300. The summed E-state index contributed by atoms with van der Waals surface area (Å²) in [5.41, 5.74) is 2.23. The topological polar surface area (TPSA) is 145 Å². The number of fused-ring (bicyclic) bond motifs is 1. The van der Waals surface area contributed by atoms with Crippen molar-refractivity contribution >= 4 is 27.1 Å². The molecule has 0 radical (unpaired) electrons. The van der Waals surface area contributed by atoms with Crippen LogP contribution in [0, 0.1) is 0 Å². The first kappa shape index (κ1) is 28.3. The van der Waals surface area contributed by atoms with Crippen LogP contribution in [0.3, 0.4) is 0 Å². The number of carbonyl (C=O) groups is 1. The Labute approximate surface area is 248 Å². The molecule has 43 heavy (non-hydrogen) atoms. The number of aromatic nitrogens is 6. The van der Waals surface area contributed by atoms with Crippen molar-refractivity contribution in [2.24, 2.45) is 0 Å². The first-order valence-corrected chi connectivity index (χ1v) is 15.3. The van der Waals surface area contributed by atoms with Crippen LogP contribution in [-0.2, 0) is 14.8 Å². The molecule has 1 aliphatic rings. The maximum Gasteiger partial charge on any atom is 0.410 e. The number of rotatable bonds is 6. The first-order chi connectivity index (χ1) is 20.6. The summed E-state index contributed by atoms with van der Waals surface area (Å²) in [6.07, 6.45) is 10.3. The monoisotopic (exact) mass is 601 g/mol. The summed E-state index contributed by atoms with van der Waals surface area (Å²) in [6.45, 7) is 6.53. The lowest BCUT2D eigenvalue weighted by Crippen LogP contribution is -2.44. The molecule has 1 aliphatic heterocycles. The summed E-state index contributed by atoms with van der Waals surface area (Å²) >= 11 is 0. The lowest BCUT2D eigenvalue weighted by molar-refractivity contribution is 0.0123. The van der Waals surface area contributed by atoms with Gasteiger partial charge in [0.1, 0.15) is 11.7 Å². The number of pyridine rings is 1. The second-order valence-electron chi connectivity index (χ2n) is 11.3. The molecule has 4 aromatic heterocycles. The van der Waals surface area contributed by atoms with E-state index in [1.165, 1.54) is 16.4 Å². The van der Waals surface area contributed by atoms with E-state index < -0.39 is 15.6 Å². The minimum Gasteiger partial charge on any atom is -0.473 e. The standard InChI is InChI=1S/C30H31N7O5S/c1-30(2,3)42-29(38)36-11-9-22(10-12-36)41-27-18-31-17-26(35-27)25-19-37(43(39,40)23-7-5-4-6-8-23)28-24(25)13-20(14-32-28)21-15-33-34-16-21/h4-8,13-19,22H,9-12H2,1-3H3,(H,33,34). The van der Waals surface area contributed by atoms with Crippen LogP contribution in [0.5, 0.6) is 5.88 Å². The van der Waals surface area contributed by atoms with Crippen LogP contribution in [0.4, 0.5) is 4.79 Å². The molecule has 0 aliphatic carbocycles. The van der Waals surface area contributed by atoms with Gasteiger partial charge in [0.05, 0.1) is 29.2 Å². The van der Waals surface area contributed by atoms with Crippen molar-refractivity contribution in [1.29, 1.82) is 0 Å². The second-order valence-corrected chi connectivity index (χ2v) is 13.1. The van der Waals surface area contributed by atoms with Gasteiger partial charge in [0.25, 0.3) is 10.0 Å². The molecular formula is C30H31N7O5S. The predicted molar refractivity (Wildman–Crippen MR) is 159 cm³/mol. The lowest BCUT2D eigenvalue weighted by atomic mass is 10.1. The fourth-order valence-corrected chi connectivity index (χ4v) is 6.27. The molecule has 13 heteroatoms. The van der Waals surface area contributed by atoms with Gasteiger partial charge in [0.2, 0.25) is 5.88 Å². The van der Waals surface area contributed by atoms with E-state index in [0.717, 1.165) is 11.1 Å². The van der Waals surface area contributed by atoms with Gasteiger partial charge >= 0.3 is 6.09 Å². The number of piperidine rings is 1. The third-order valence-corrected chi connectivity index (χ3v) is 8.68. The largest absolute Gasteiger partial charge is 0.473 e. The van der Waals surface area contributed by atoms with E-state index in [4.69, 9.17) is 14.5 Å². The molecule has 1 aromatic carbocycles. The summed E-state index contributed by atoms with van der Waals surface area (Å²) in [5, 5.41) is 7.39. The molecule has 5 heterocycles. The normalized spacial score (nSPS) is 14.6. The van der Waals surface area contributed by atoms with E-state index in [1.807, 2.05) is 26.8 Å². The highest BCUT2D eigenvalue weighted by atomic mass is 32.2. The van der Waals surface area contributed by atoms with Crippen LogP contribution in [0.15, 0.2) is 78.5 Å². The molecule has 6 rings (SSSR count). The van der Waals surface area contributed by atoms with E-state index >= 15 is 0 Å². The Hall–Kier alpha value is -4.78. The van der Waals surface area contributed by atoms with Crippen LogP contribution in [0.2, 0.25) is 0 Å². The fourth-order valence-electron chi connectivity index (χ4n) is 4.93. The number of likely N-dealkylation sites (tertiary alicyclic amines) is 1. The Bertz CT molecular complexity index is 1860. The van der Waals surface area contributed by atoms with Crippen LogP contribution in [0.25, 0.3) is 33.4 Å². The van der Waals surface area contributed by atoms with Gasteiger partial charge in [-0.2, -0.15) is 5.10 Å². The zero-order valence-electron chi connectivity index (χ0n) is 24.0. The smallest absolute Gasteiger partial charge is 0.410 e. The molecule has 12 nitrogen and oxygen atoms in total. The van der Waals surface area contributed by atoms with Crippen molar-refractivity contribution < 1.29 is 22.7 Å². The van der Waals surface area contributed by atoms with Gasteiger partial charge in [-0.25, -0.2) is 27.2 Å². The number of ether oxygens (including phenoxy) is 2. The zero-order valence-corrected chi connectivity index (χ0v) is 24.8. The minimum absolute atomic E-state index is 0.139. The summed E-state index contributed by atoms with van der Waals surface area (Å²) in [6, 6.07) is 10.1. The number of hydrogen-bond donors (Lipinski definition) is 1. The number of amides is 1. The maximum absolute atomic E-state index is 13.7. The van der Waals surface area contributed by atoms with Crippen molar-refractivity contribution in [2.45, 2.75) is 50.2 Å². The predicted octanol–water partition coefficient (Wildman–Crippen LogP) is 4.90. The number of H-pyrrole nitrogens is 1. The van der Waals surface area contributed by atoms with Crippen LogP contribution >= 0.6 is 0 Å². The number of hydrogen-bond acceptors (Lipinski definition) is 9. The van der Waals surface area contributed by atoms with Gasteiger partial charge in [-0.15, -0.1) is 0 Å². The molecular weight excluding hydrogens is 570 g/mol. The molecule has 0 unspecified atom stereocenters. The second kappa shape index (κ2) is 11.1. The number of nitrogens with zero attached hydrogens (tertiary/aromatic N) is 6. The van der Waals surface area contributed by atoms with Crippen molar-refractivity contribution in [2.75, 3.05) is 13.1 Å². The quantitative estimate of drug-likeness (QED) is 0.287. The van der Waals surface area contributed by atoms with Crippen LogP contribution < -0.4 is 4.74 Å². The third-order valence-electron chi connectivity index (χ3n) is 7.01. The number of aromatic amines is 1. The van der Waals surface area contributed by atoms with Crippen molar-refractivity contribution in [1.82, 2.24) is 34.0 Å². The highest BCUT2D eigenvalue weighted by molar-refractivity contribution is 7.90. The summed E-state index contributed by atoms with van der Waals surface area (Å²) < 4.78 is 40.2. The molecule has 0 atom stereocenters. The highest BCUT2D eigenvalue weighted by Crippen LogP contribution is 2.34. The number of nitrogens with one attached hydrogen (secondary N) is 1. The first-order valence-electron chi connectivity index (χ1n) is 13.9. The average Bonchev–Trinajstić information content (AvgIpc) is 3.66. The molecule has 0 bridgehead atoms. The van der Waals surface area contributed by atoms with Gasteiger partial charge in [-0.3, -0.25) is 10.1 Å². The third kappa shape index (κ3) is 5.93. The van der Waals surface area contributed by atoms with E-state index in [9.17, 15) is 13.2 Å². The molecule has 222 valence electrons. The van der Waals surface area contributed by atoms with Gasteiger partial charge in [-0.05, 0) is 39.0 Å². The van der Waals surface area contributed by atoms with E-state index in [0.29, 0.717) is 48.5 Å². The minimum atomic E-state index is -3.96. The van der Waals surface area contributed by atoms with Gasteiger partial charge in [0.15, 0.2) is 5.65 Å². The summed E-state index contributed by atoms with van der Waals surface area (Å²) in [7, 11) is -3.96. The SMILES string of the molecule is CC(C)(C)OC(=O)N1CCC(Oc2cncc(-c3cn(S(=O)(=O)c4ccccc4)c4ncc(-c5cn[nH]c5)cc34)n2)CC1. The van der Waals surface area contributed by atoms with Gasteiger partial charge in [-0.1, -0.05) is 18.2 Å². The van der Waals surface area contributed by atoms with E-state index in [1.54, 1.807) is 60.0 Å². The Morgan fingerprint density at radius 1 is 1.02 bits per heavy atom. The Morgan fingerprint density at radius 3 is 2.49 bits per heavy atom. The highest BCUT2D eigenvalue weighted by Gasteiger charge is 2.28. The lowest BCUT2D eigenvalue weighted by Gasteiger charge is -2.33. The molecule has 1 saturated heterocycles. The number of carbonyl (C=O) groups excluding carboxylic acids is 1. The summed E-state index contributed by atoms with van der Waals surface area (Å²) in [5.74, 6) is 0.305. The molecule has 5 aromatic rings. The number of benzene rings is 1. The molecule has 0 spiro atoms. The van der Waals surface area contributed by atoms with Crippen molar-refractivity contribution in [3.8, 4) is 28.3 Å². The Morgan fingerprint density at radius 2 is 1.79 bits per heavy atom. The molecule has 1 fully saturated rings. The average molecular weight is 602 g/mol. The molecule has 1 N–H and O–H groups in total. The van der Waals surface area contributed by atoms with Crippen LogP contribution in [0.1, 0.15) is 33.6 Å². The Balaban J connectivity index is 1.31. The van der Waals surface area contributed by atoms with E-state index in [2.05, 4.69) is 20.2 Å². The summed E-state index contributed by atoms with van der Waals surface area (Å²) in [4.78, 5) is 27.9. The zero-order chi connectivity index (χ0) is 30.2. The Kier molecular flexibility index (Phi) is 7.34. The van der Waals surface area contributed by atoms with Gasteiger partial charge in [0, 0.05) is 66.6 Å². The van der Waals surface area contributed by atoms with Crippen LogP contribution in [-0.4, -0.2) is 73.3 Å². The van der Waals surface area contributed by atoms with Gasteiger partial charge < -0.3 is 14.4 Å². The molecule has 1 amide bonds. The van der Waals surface area contributed by atoms with E-state index in [-0.39, 0.29) is 22.7 Å². The maximum atomic E-state index is 13.7. The van der Waals surface area contributed by atoms with Crippen molar-refractivity contribution in [3.63, 3.8) is 0 Å². The molecule has 0 saturated carbocycles. The van der Waals surface area contributed by atoms with Crippen molar-refractivity contribution in [3.05, 3.63) is 73.6 Å².